The predicted molar refractivity (Wildman–Crippen MR) is 105 cm³/mol. The van der Waals surface area contributed by atoms with E-state index in [0.717, 1.165) is 5.01 Å². The molecule has 0 aliphatic heterocycles. The van der Waals surface area contributed by atoms with Crippen molar-refractivity contribution in [3.63, 3.8) is 0 Å². The van der Waals surface area contributed by atoms with Crippen LogP contribution in [0.25, 0.3) is 0 Å². The maximum absolute atomic E-state index is 12.9. The second kappa shape index (κ2) is 8.62. The summed E-state index contributed by atoms with van der Waals surface area (Å²) in [5.74, 6) is -0.0465. The van der Waals surface area contributed by atoms with Crippen LogP contribution in [0.1, 0.15) is 32.5 Å². The molecule has 0 aliphatic carbocycles. The molecule has 26 heavy (non-hydrogen) atoms. The molecule has 0 spiro atoms. The van der Waals surface area contributed by atoms with Gasteiger partial charge in [-0.2, -0.15) is 0 Å². The van der Waals surface area contributed by atoms with Crippen molar-refractivity contribution >= 4 is 46.3 Å². The summed E-state index contributed by atoms with van der Waals surface area (Å²) in [6.07, 6.45) is 0. The van der Waals surface area contributed by atoms with Crippen LogP contribution in [-0.4, -0.2) is 16.1 Å². The number of aromatic nitrogens is 2. The largest absolute Gasteiger partial charge is 0.320 e. The van der Waals surface area contributed by atoms with Crippen LogP contribution in [0, 0.1) is 5.82 Å². The van der Waals surface area contributed by atoms with Gasteiger partial charge in [0.25, 0.3) is 5.91 Å². The summed E-state index contributed by atoms with van der Waals surface area (Å²) >= 11 is 8.87. The van der Waals surface area contributed by atoms with Crippen LogP contribution in [0.3, 0.4) is 0 Å². The number of amides is 1. The molecule has 1 atom stereocenters. The van der Waals surface area contributed by atoms with E-state index in [-0.39, 0.29) is 22.0 Å². The normalized spacial score (nSPS) is 12.0. The molecule has 0 bridgehead atoms. The van der Waals surface area contributed by atoms with Crippen molar-refractivity contribution in [2.45, 2.75) is 17.9 Å². The summed E-state index contributed by atoms with van der Waals surface area (Å²) in [6.45, 7) is 2.11. The fourth-order valence-electron chi connectivity index (χ4n) is 2.15. The van der Waals surface area contributed by atoms with Crippen LogP contribution in [0.5, 0.6) is 0 Å². The second-order valence-electron chi connectivity index (χ2n) is 5.47. The maximum Gasteiger partial charge on any atom is 0.286 e. The van der Waals surface area contributed by atoms with E-state index >= 15 is 0 Å². The Morgan fingerprint density at radius 2 is 1.88 bits per heavy atom. The standard InChI is InChI=1S/C18H15ClFN3OS2/c1-11(12-2-4-13(19)5-3-12)25-10-16-22-23-18(26-16)17(24)21-15-8-6-14(20)7-9-15/h2-9,11H,10H2,1H3,(H,21,24). The minimum atomic E-state index is -0.354. The molecule has 3 aromatic rings. The Morgan fingerprint density at radius 1 is 1.19 bits per heavy atom. The minimum Gasteiger partial charge on any atom is -0.320 e. The van der Waals surface area contributed by atoms with Gasteiger partial charge in [0.1, 0.15) is 10.8 Å². The fraction of sp³-hybridized carbons (Fsp3) is 0.167. The highest BCUT2D eigenvalue weighted by atomic mass is 35.5. The summed E-state index contributed by atoms with van der Waals surface area (Å²) < 4.78 is 12.9. The summed E-state index contributed by atoms with van der Waals surface area (Å²) in [7, 11) is 0. The van der Waals surface area contributed by atoms with Gasteiger partial charge in [-0.15, -0.1) is 22.0 Å². The van der Waals surface area contributed by atoms with Crippen molar-refractivity contribution in [1.82, 2.24) is 10.2 Å². The van der Waals surface area contributed by atoms with E-state index in [1.54, 1.807) is 11.8 Å². The Morgan fingerprint density at radius 3 is 2.58 bits per heavy atom. The first-order chi connectivity index (χ1) is 12.5. The van der Waals surface area contributed by atoms with E-state index in [2.05, 4.69) is 22.4 Å². The molecular formula is C18H15ClFN3OS2. The Kier molecular flexibility index (Phi) is 6.24. The number of anilines is 1. The second-order valence-corrected chi connectivity index (χ2v) is 8.29. The third kappa shape index (κ3) is 5.03. The van der Waals surface area contributed by atoms with Gasteiger partial charge < -0.3 is 5.32 Å². The lowest BCUT2D eigenvalue weighted by Gasteiger charge is -2.10. The van der Waals surface area contributed by atoms with Crippen molar-refractivity contribution < 1.29 is 9.18 Å². The monoisotopic (exact) mass is 407 g/mol. The molecule has 1 aromatic heterocycles. The van der Waals surface area contributed by atoms with E-state index in [0.29, 0.717) is 16.5 Å². The average molecular weight is 408 g/mol. The molecule has 0 aliphatic rings. The number of hydrogen-bond donors (Lipinski definition) is 1. The molecule has 1 heterocycles. The van der Waals surface area contributed by atoms with Crippen LogP contribution >= 0.6 is 34.7 Å². The quantitative estimate of drug-likeness (QED) is 0.579. The molecule has 2 aromatic carbocycles. The van der Waals surface area contributed by atoms with Gasteiger partial charge in [-0.3, -0.25) is 4.79 Å². The van der Waals surface area contributed by atoms with Gasteiger partial charge in [0, 0.05) is 21.7 Å². The number of nitrogens with zero attached hydrogens (tertiary/aromatic N) is 2. The highest BCUT2D eigenvalue weighted by Crippen LogP contribution is 2.32. The highest BCUT2D eigenvalue weighted by Gasteiger charge is 2.14. The van der Waals surface area contributed by atoms with Gasteiger partial charge in [-0.1, -0.05) is 35.1 Å². The summed E-state index contributed by atoms with van der Waals surface area (Å²) in [6, 6.07) is 13.3. The Hall–Kier alpha value is -1.96. The SMILES string of the molecule is CC(SCc1nnc(C(=O)Nc2ccc(F)cc2)s1)c1ccc(Cl)cc1. The Labute approximate surface area is 163 Å². The first-order valence-corrected chi connectivity index (χ1v) is 10.0. The molecule has 1 N–H and O–H groups in total. The summed E-state index contributed by atoms with van der Waals surface area (Å²) in [5, 5.41) is 12.7. The number of rotatable bonds is 6. The topological polar surface area (TPSA) is 54.9 Å². The lowest BCUT2D eigenvalue weighted by molar-refractivity contribution is 0.102. The van der Waals surface area contributed by atoms with Crippen LogP contribution in [0.4, 0.5) is 10.1 Å². The summed E-state index contributed by atoms with van der Waals surface area (Å²) in [5.41, 5.74) is 1.69. The number of hydrogen-bond acceptors (Lipinski definition) is 5. The molecule has 8 heteroatoms. The molecule has 1 amide bonds. The van der Waals surface area contributed by atoms with Crippen LogP contribution in [-0.2, 0) is 5.75 Å². The minimum absolute atomic E-state index is 0.271. The maximum atomic E-state index is 12.9. The Bertz CT molecular complexity index is 884. The van der Waals surface area contributed by atoms with Crippen molar-refractivity contribution in [3.8, 4) is 0 Å². The third-order valence-corrected chi connectivity index (χ3v) is 6.13. The molecule has 0 saturated carbocycles. The highest BCUT2D eigenvalue weighted by molar-refractivity contribution is 7.98. The summed E-state index contributed by atoms with van der Waals surface area (Å²) in [4.78, 5) is 12.2. The van der Waals surface area contributed by atoms with Gasteiger partial charge in [0.15, 0.2) is 0 Å². The number of carbonyl (C=O) groups is 1. The van der Waals surface area contributed by atoms with Crippen molar-refractivity contribution in [2.75, 3.05) is 5.32 Å². The van der Waals surface area contributed by atoms with Crippen LogP contribution in [0.2, 0.25) is 5.02 Å². The molecule has 1 unspecified atom stereocenters. The van der Waals surface area contributed by atoms with E-state index < -0.39 is 0 Å². The van der Waals surface area contributed by atoms with Crippen LogP contribution < -0.4 is 5.32 Å². The molecule has 3 rings (SSSR count). The first-order valence-electron chi connectivity index (χ1n) is 7.77. The molecular weight excluding hydrogens is 393 g/mol. The van der Waals surface area contributed by atoms with Gasteiger partial charge >= 0.3 is 0 Å². The lowest BCUT2D eigenvalue weighted by Crippen LogP contribution is -2.11. The zero-order valence-corrected chi connectivity index (χ0v) is 16.2. The van der Waals surface area contributed by atoms with Gasteiger partial charge in [0.05, 0.1) is 0 Å². The predicted octanol–water partition coefficient (Wildman–Crippen LogP) is 5.58. The van der Waals surface area contributed by atoms with Gasteiger partial charge in [-0.25, -0.2) is 4.39 Å². The third-order valence-electron chi connectivity index (χ3n) is 3.56. The van der Waals surface area contributed by atoms with Gasteiger partial charge in [0.2, 0.25) is 5.01 Å². The van der Waals surface area contributed by atoms with Gasteiger partial charge in [-0.05, 0) is 48.9 Å². The number of thioether (sulfide) groups is 1. The molecule has 0 radical (unpaired) electrons. The van der Waals surface area contributed by atoms with Crippen molar-refractivity contribution in [2.24, 2.45) is 0 Å². The first kappa shape index (κ1) is 18.8. The molecule has 0 fully saturated rings. The number of nitrogens with one attached hydrogen (secondary N) is 1. The Balaban J connectivity index is 1.56. The molecule has 134 valence electrons. The molecule has 0 saturated heterocycles. The number of carbonyl (C=O) groups excluding carboxylic acids is 1. The lowest BCUT2D eigenvalue weighted by atomic mass is 10.2. The number of halogens is 2. The van der Waals surface area contributed by atoms with Crippen molar-refractivity contribution in [1.29, 1.82) is 0 Å². The molecule has 4 nitrogen and oxygen atoms in total. The van der Waals surface area contributed by atoms with E-state index in [4.69, 9.17) is 11.6 Å². The van der Waals surface area contributed by atoms with E-state index in [9.17, 15) is 9.18 Å². The smallest absolute Gasteiger partial charge is 0.286 e. The zero-order chi connectivity index (χ0) is 18.5. The number of benzene rings is 2. The van der Waals surface area contributed by atoms with E-state index in [1.807, 2.05) is 24.3 Å². The average Bonchev–Trinajstić information content (AvgIpc) is 3.11. The van der Waals surface area contributed by atoms with Crippen LogP contribution in [0.15, 0.2) is 48.5 Å². The van der Waals surface area contributed by atoms with Crippen molar-refractivity contribution in [3.05, 3.63) is 74.9 Å². The zero-order valence-electron chi connectivity index (χ0n) is 13.8. The fourth-order valence-corrected chi connectivity index (χ4v) is 4.04. The van der Waals surface area contributed by atoms with E-state index in [1.165, 1.54) is 41.2 Å².